The predicted octanol–water partition coefficient (Wildman–Crippen LogP) is 2.07. The van der Waals surface area contributed by atoms with E-state index in [-0.39, 0.29) is 0 Å². The van der Waals surface area contributed by atoms with Crippen molar-refractivity contribution < 1.29 is 9.59 Å². The monoisotopic (exact) mass is 313 g/mol. The highest BCUT2D eigenvalue weighted by molar-refractivity contribution is 6.36. The number of hydrogen-bond acceptors (Lipinski definition) is 3. The van der Waals surface area contributed by atoms with Crippen LogP contribution in [0.15, 0.2) is 23.3 Å². The minimum Gasteiger partial charge on any atom is -0.334 e. The summed E-state index contributed by atoms with van der Waals surface area (Å²) in [6.45, 7) is 1.25. The Kier molecular flexibility index (Phi) is 4.98. The van der Waals surface area contributed by atoms with Crippen LogP contribution in [-0.2, 0) is 9.59 Å². The lowest BCUT2D eigenvalue weighted by Crippen LogP contribution is -2.39. The number of nitrogens with zero attached hydrogens (tertiary/aromatic N) is 2. The van der Waals surface area contributed by atoms with Crippen molar-refractivity contribution >= 4 is 41.2 Å². The van der Waals surface area contributed by atoms with Crippen LogP contribution in [0.25, 0.3) is 0 Å². The first-order valence-corrected chi connectivity index (χ1v) is 6.91. The van der Waals surface area contributed by atoms with Gasteiger partial charge in [-0.2, -0.15) is 5.10 Å². The van der Waals surface area contributed by atoms with Crippen molar-refractivity contribution in [3.63, 3.8) is 0 Å². The van der Waals surface area contributed by atoms with Crippen LogP contribution in [-0.4, -0.2) is 36.0 Å². The summed E-state index contributed by atoms with van der Waals surface area (Å²) in [5, 5.41) is 4.66. The summed E-state index contributed by atoms with van der Waals surface area (Å²) in [7, 11) is 0. The Morgan fingerprint density at radius 2 is 1.95 bits per heavy atom. The second-order valence-corrected chi connectivity index (χ2v) is 5.21. The third kappa shape index (κ3) is 3.71. The average Bonchev–Trinajstić information content (AvgIpc) is 2.94. The number of nitrogens with one attached hydrogen (secondary N) is 1. The van der Waals surface area contributed by atoms with Crippen molar-refractivity contribution in [1.82, 2.24) is 10.3 Å². The predicted molar refractivity (Wildman–Crippen MR) is 78.0 cm³/mol. The van der Waals surface area contributed by atoms with Crippen LogP contribution in [0.3, 0.4) is 0 Å². The summed E-state index contributed by atoms with van der Waals surface area (Å²) in [5.74, 6) is -1.30. The largest absolute Gasteiger partial charge is 0.334 e. The molecule has 1 aliphatic rings. The number of benzene rings is 1. The smallest absolute Gasteiger partial charge is 0.329 e. The van der Waals surface area contributed by atoms with Crippen LogP contribution in [0.2, 0.25) is 10.0 Å². The maximum absolute atomic E-state index is 11.7. The van der Waals surface area contributed by atoms with Gasteiger partial charge in [0.05, 0.1) is 11.2 Å². The number of halogens is 2. The fourth-order valence-electron chi connectivity index (χ4n) is 1.88. The number of carbonyl (C=O) groups excluding carboxylic acids is 2. The Morgan fingerprint density at radius 3 is 2.60 bits per heavy atom. The van der Waals surface area contributed by atoms with Crippen molar-refractivity contribution in [2.45, 2.75) is 12.8 Å². The van der Waals surface area contributed by atoms with Crippen LogP contribution in [0.4, 0.5) is 0 Å². The molecule has 0 aromatic heterocycles. The molecule has 106 valence electrons. The minimum absolute atomic E-state index is 0.418. The molecule has 2 rings (SSSR count). The molecule has 0 bridgehead atoms. The van der Waals surface area contributed by atoms with Gasteiger partial charge in [0, 0.05) is 23.7 Å². The fourth-order valence-corrected chi connectivity index (χ4v) is 2.34. The van der Waals surface area contributed by atoms with Gasteiger partial charge in [0.2, 0.25) is 0 Å². The second kappa shape index (κ2) is 6.72. The van der Waals surface area contributed by atoms with Gasteiger partial charge in [0.1, 0.15) is 0 Å². The Labute approximate surface area is 126 Å². The molecule has 0 atom stereocenters. The van der Waals surface area contributed by atoms with Crippen LogP contribution in [0.1, 0.15) is 18.4 Å². The van der Waals surface area contributed by atoms with Gasteiger partial charge in [0.25, 0.3) is 0 Å². The highest BCUT2D eigenvalue weighted by Crippen LogP contribution is 2.19. The van der Waals surface area contributed by atoms with Crippen LogP contribution in [0.5, 0.6) is 0 Å². The molecule has 0 radical (unpaired) electrons. The van der Waals surface area contributed by atoms with E-state index in [0.29, 0.717) is 28.7 Å². The average molecular weight is 314 g/mol. The van der Waals surface area contributed by atoms with Gasteiger partial charge in [-0.25, -0.2) is 5.43 Å². The third-order valence-corrected chi connectivity index (χ3v) is 3.48. The van der Waals surface area contributed by atoms with Crippen molar-refractivity contribution in [2.24, 2.45) is 5.10 Å². The number of amides is 2. The topological polar surface area (TPSA) is 61.8 Å². The van der Waals surface area contributed by atoms with Gasteiger partial charge in [0.15, 0.2) is 0 Å². The molecule has 0 unspecified atom stereocenters. The van der Waals surface area contributed by atoms with E-state index >= 15 is 0 Å². The SMILES string of the molecule is O=C(NN=Cc1ccc(Cl)cc1Cl)C(=O)N1CCCC1. The minimum atomic E-state index is -0.742. The van der Waals surface area contributed by atoms with Crippen molar-refractivity contribution in [3.05, 3.63) is 33.8 Å². The molecule has 1 aliphatic heterocycles. The highest BCUT2D eigenvalue weighted by Gasteiger charge is 2.23. The Balaban J connectivity index is 1.92. The molecule has 1 N–H and O–H groups in total. The normalized spacial score (nSPS) is 14.8. The van der Waals surface area contributed by atoms with Gasteiger partial charge < -0.3 is 4.90 Å². The van der Waals surface area contributed by atoms with Gasteiger partial charge in [-0.1, -0.05) is 29.3 Å². The Hall–Kier alpha value is -1.59. The van der Waals surface area contributed by atoms with Crippen molar-refractivity contribution in [2.75, 3.05) is 13.1 Å². The van der Waals surface area contributed by atoms with E-state index in [2.05, 4.69) is 10.5 Å². The molecular weight excluding hydrogens is 301 g/mol. The lowest BCUT2D eigenvalue weighted by molar-refractivity contribution is -0.145. The Morgan fingerprint density at radius 1 is 1.25 bits per heavy atom. The molecule has 0 saturated carbocycles. The lowest BCUT2D eigenvalue weighted by atomic mass is 10.2. The van der Waals surface area contributed by atoms with Gasteiger partial charge >= 0.3 is 11.8 Å². The summed E-state index contributed by atoms with van der Waals surface area (Å²) >= 11 is 11.7. The molecule has 5 nitrogen and oxygen atoms in total. The summed E-state index contributed by atoms with van der Waals surface area (Å²) < 4.78 is 0. The van der Waals surface area contributed by atoms with Gasteiger partial charge in [-0.15, -0.1) is 0 Å². The number of hydrogen-bond donors (Lipinski definition) is 1. The van der Waals surface area contributed by atoms with Crippen molar-refractivity contribution in [1.29, 1.82) is 0 Å². The van der Waals surface area contributed by atoms with Crippen LogP contribution in [0, 0.1) is 0 Å². The maximum atomic E-state index is 11.7. The molecule has 0 aliphatic carbocycles. The first kappa shape index (κ1) is 14.8. The zero-order chi connectivity index (χ0) is 14.5. The number of carbonyl (C=O) groups is 2. The fraction of sp³-hybridized carbons (Fsp3) is 0.308. The number of rotatable bonds is 2. The Bertz CT molecular complexity index is 555. The van der Waals surface area contributed by atoms with E-state index in [1.54, 1.807) is 18.2 Å². The molecule has 1 heterocycles. The highest BCUT2D eigenvalue weighted by atomic mass is 35.5. The molecule has 1 aromatic carbocycles. The van der Waals surface area contributed by atoms with Gasteiger partial charge in [-0.3, -0.25) is 9.59 Å². The van der Waals surface area contributed by atoms with E-state index in [1.165, 1.54) is 11.1 Å². The molecule has 1 aromatic rings. The first-order valence-electron chi connectivity index (χ1n) is 6.15. The van der Waals surface area contributed by atoms with Gasteiger partial charge in [-0.05, 0) is 25.0 Å². The maximum Gasteiger partial charge on any atom is 0.329 e. The van der Waals surface area contributed by atoms with E-state index in [0.717, 1.165) is 12.8 Å². The molecule has 7 heteroatoms. The second-order valence-electron chi connectivity index (χ2n) is 4.36. The summed E-state index contributed by atoms with van der Waals surface area (Å²) in [4.78, 5) is 24.8. The number of hydrazone groups is 1. The van der Waals surface area contributed by atoms with E-state index in [1.807, 2.05) is 0 Å². The molecule has 1 saturated heterocycles. The zero-order valence-corrected chi connectivity index (χ0v) is 12.1. The third-order valence-electron chi connectivity index (χ3n) is 2.92. The molecular formula is C13H13Cl2N3O2. The number of likely N-dealkylation sites (tertiary alicyclic amines) is 1. The quantitative estimate of drug-likeness (QED) is 0.516. The van der Waals surface area contributed by atoms with Crippen molar-refractivity contribution in [3.8, 4) is 0 Å². The first-order chi connectivity index (χ1) is 9.58. The summed E-state index contributed by atoms with van der Waals surface area (Å²) in [6, 6.07) is 4.90. The van der Waals surface area contributed by atoms with Crippen LogP contribution < -0.4 is 5.43 Å². The zero-order valence-electron chi connectivity index (χ0n) is 10.6. The molecule has 2 amide bonds. The van der Waals surface area contributed by atoms with Crippen LogP contribution >= 0.6 is 23.2 Å². The van der Waals surface area contributed by atoms with E-state index in [4.69, 9.17) is 23.2 Å². The molecule has 1 fully saturated rings. The lowest BCUT2D eigenvalue weighted by Gasteiger charge is -2.12. The standard InChI is InChI=1S/C13H13Cl2N3O2/c14-10-4-3-9(11(15)7-10)8-16-17-12(19)13(20)18-5-1-2-6-18/h3-4,7-8H,1-2,5-6H2,(H,17,19). The van der Waals surface area contributed by atoms with E-state index in [9.17, 15) is 9.59 Å². The molecule has 20 heavy (non-hydrogen) atoms. The molecule has 0 spiro atoms. The summed E-state index contributed by atoms with van der Waals surface area (Å²) in [6.07, 6.45) is 3.24. The summed E-state index contributed by atoms with van der Waals surface area (Å²) in [5.41, 5.74) is 2.80. The van der Waals surface area contributed by atoms with E-state index < -0.39 is 11.8 Å².